The van der Waals surface area contributed by atoms with Gasteiger partial charge in [0, 0.05) is 43.9 Å². The van der Waals surface area contributed by atoms with Gasteiger partial charge in [0.2, 0.25) is 0 Å². The van der Waals surface area contributed by atoms with E-state index >= 15 is 0 Å². The van der Waals surface area contributed by atoms with Gasteiger partial charge in [0.05, 0.1) is 16.8 Å². The van der Waals surface area contributed by atoms with Gasteiger partial charge >= 0.3 is 0 Å². The molecule has 0 saturated carbocycles. The second-order valence-electron chi connectivity index (χ2n) is 10.8. The number of halogens is 1. The first-order valence-electron chi connectivity index (χ1n) is 14.5. The summed E-state index contributed by atoms with van der Waals surface area (Å²) < 4.78 is 12.7. The van der Waals surface area contributed by atoms with Gasteiger partial charge in [-0.2, -0.15) is 0 Å². The summed E-state index contributed by atoms with van der Waals surface area (Å²) in [6.07, 6.45) is 1.79. The first-order chi connectivity index (χ1) is 22.2. The highest BCUT2D eigenvalue weighted by Crippen LogP contribution is 2.38. The van der Waals surface area contributed by atoms with Crippen LogP contribution in [0.2, 0.25) is 5.02 Å². The van der Waals surface area contributed by atoms with E-state index in [4.69, 9.17) is 40.4 Å². The molecular weight excluding hydrogens is 580 g/mol. The van der Waals surface area contributed by atoms with Gasteiger partial charge in [0.1, 0.15) is 22.3 Å². The summed E-state index contributed by atoms with van der Waals surface area (Å²) >= 11 is 6.10. The van der Waals surface area contributed by atoms with Crippen LogP contribution in [0.15, 0.2) is 136 Å². The van der Waals surface area contributed by atoms with Gasteiger partial charge < -0.3 is 8.83 Å². The van der Waals surface area contributed by atoms with Crippen molar-refractivity contribution in [3.05, 3.63) is 133 Å². The third-order valence-corrected chi connectivity index (χ3v) is 8.34. The maximum absolute atomic E-state index is 6.37. The lowest BCUT2D eigenvalue weighted by Gasteiger charge is -2.09. The quantitative estimate of drug-likeness (QED) is 0.200. The zero-order valence-electron chi connectivity index (χ0n) is 23.6. The number of hydrogen-bond donors (Lipinski definition) is 0. The molecule has 7 heteroatoms. The van der Waals surface area contributed by atoms with Gasteiger partial charge in [-0.1, -0.05) is 84.4 Å². The molecule has 0 saturated heterocycles. The van der Waals surface area contributed by atoms with Crippen molar-refractivity contribution >= 4 is 55.5 Å². The topological polar surface area (TPSA) is 77.8 Å². The van der Waals surface area contributed by atoms with E-state index in [-0.39, 0.29) is 0 Å². The van der Waals surface area contributed by atoms with Crippen LogP contribution in [-0.2, 0) is 0 Å². The van der Waals surface area contributed by atoms with Crippen LogP contribution >= 0.6 is 11.6 Å². The van der Waals surface area contributed by atoms with E-state index < -0.39 is 0 Å². The minimum absolute atomic E-state index is 0.492. The monoisotopic (exact) mass is 600 g/mol. The molecule has 9 rings (SSSR count). The molecule has 45 heavy (non-hydrogen) atoms. The lowest BCUT2D eigenvalue weighted by molar-refractivity contribution is 0.669. The minimum atomic E-state index is 0.492. The molecule has 6 nitrogen and oxygen atoms in total. The predicted octanol–water partition coefficient (Wildman–Crippen LogP) is 10.4. The number of hydrogen-bond acceptors (Lipinski definition) is 6. The van der Waals surface area contributed by atoms with Gasteiger partial charge in [-0.05, 0) is 48.5 Å². The summed E-state index contributed by atoms with van der Waals surface area (Å²) in [5.41, 5.74) is 7.16. The summed E-state index contributed by atoms with van der Waals surface area (Å²) in [5.74, 6) is 1.48. The molecule has 0 N–H and O–H groups in total. The van der Waals surface area contributed by atoms with E-state index in [0.29, 0.717) is 22.5 Å². The van der Waals surface area contributed by atoms with Crippen molar-refractivity contribution in [1.82, 2.24) is 19.9 Å². The molecule has 9 aromatic rings. The average molecular weight is 601 g/mol. The zero-order valence-corrected chi connectivity index (χ0v) is 24.4. The van der Waals surface area contributed by atoms with Gasteiger partial charge in [-0.3, -0.25) is 4.98 Å². The Balaban J connectivity index is 1.27. The molecule has 0 unspecified atom stereocenters. The number of nitrogens with zero attached hydrogens (tertiary/aromatic N) is 4. The number of aromatic nitrogens is 4. The molecular formula is C38H21ClN4O2. The van der Waals surface area contributed by atoms with Crippen molar-refractivity contribution in [2.24, 2.45) is 0 Å². The second-order valence-corrected chi connectivity index (χ2v) is 11.2. The van der Waals surface area contributed by atoms with Gasteiger partial charge in [-0.25, -0.2) is 15.0 Å². The van der Waals surface area contributed by atoms with E-state index in [1.165, 1.54) is 0 Å². The SMILES string of the molecule is Clc1ccc(-c2ccc(-c3nc(-c4cccc5c4oc4ccccc45)nc(-c4cccc5c4oc4ccccc45)n3)cn2)cc1. The van der Waals surface area contributed by atoms with Crippen molar-refractivity contribution < 1.29 is 8.83 Å². The normalized spacial score (nSPS) is 11.7. The first kappa shape index (κ1) is 25.6. The molecule has 212 valence electrons. The van der Waals surface area contributed by atoms with Crippen LogP contribution in [0, 0.1) is 0 Å². The van der Waals surface area contributed by atoms with Crippen molar-refractivity contribution in [3.63, 3.8) is 0 Å². The summed E-state index contributed by atoms with van der Waals surface area (Å²) in [6, 6.07) is 39.7. The molecule has 0 bridgehead atoms. The largest absolute Gasteiger partial charge is 0.455 e. The number of furan rings is 2. The van der Waals surface area contributed by atoms with Gasteiger partial charge in [0.15, 0.2) is 17.5 Å². The van der Waals surface area contributed by atoms with Crippen molar-refractivity contribution in [2.75, 3.05) is 0 Å². The lowest BCUT2D eigenvalue weighted by Crippen LogP contribution is -2.01. The Hall–Kier alpha value is -5.85. The zero-order chi connectivity index (χ0) is 29.9. The van der Waals surface area contributed by atoms with E-state index in [9.17, 15) is 0 Å². The molecule has 4 heterocycles. The number of fused-ring (bicyclic) bond motifs is 6. The van der Waals surface area contributed by atoms with Gasteiger partial charge in [0.25, 0.3) is 0 Å². The van der Waals surface area contributed by atoms with Crippen LogP contribution in [0.1, 0.15) is 0 Å². The Morgan fingerprint density at radius 1 is 0.444 bits per heavy atom. The molecule has 0 atom stereocenters. The van der Waals surface area contributed by atoms with Crippen LogP contribution in [0.3, 0.4) is 0 Å². The van der Waals surface area contributed by atoms with E-state index in [0.717, 1.165) is 71.8 Å². The fraction of sp³-hybridized carbons (Fsp3) is 0. The fourth-order valence-corrected chi connectivity index (χ4v) is 6.04. The Bertz CT molecular complexity index is 2420. The number of pyridine rings is 1. The van der Waals surface area contributed by atoms with Crippen molar-refractivity contribution in [3.8, 4) is 45.4 Å². The van der Waals surface area contributed by atoms with Crippen LogP contribution in [0.5, 0.6) is 0 Å². The number of rotatable bonds is 4. The van der Waals surface area contributed by atoms with E-state index in [1.54, 1.807) is 6.20 Å². The Labute approximate surface area is 261 Å². The highest BCUT2D eigenvalue weighted by molar-refractivity contribution is 6.30. The van der Waals surface area contributed by atoms with Crippen LogP contribution < -0.4 is 0 Å². The summed E-state index contributed by atoms with van der Waals surface area (Å²) in [6.45, 7) is 0. The fourth-order valence-electron chi connectivity index (χ4n) is 5.91. The van der Waals surface area contributed by atoms with E-state index in [2.05, 4.69) is 24.3 Å². The van der Waals surface area contributed by atoms with E-state index in [1.807, 2.05) is 97.1 Å². The average Bonchev–Trinajstić information content (AvgIpc) is 3.67. The number of benzene rings is 5. The Morgan fingerprint density at radius 3 is 1.51 bits per heavy atom. The molecule has 5 aromatic carbocycles. The first-order valence-corrected chi connectivity index (χ1v) is 14.9. The Kier molecular flexibility index (Phi) is 5.76. The van der Waals surface area contributed by atoms with Gasteiger partial charge in [-0.15, -0.1) is 0 Å². The molecule has 0 aliphatic carbocycles. The third kappa shape index (κ3) is 4.26. The van der Waals surface area contributed by atoms with Crippen molar-refractivity contribution in [1.29, 1.82) is 0 Å². The molecule has 0 aliphatic heterocycles. The minimum Gasteiger partial charge on any atom is -0.455 e. The molecule has 0 radical (unpaired) electrons. The molecule has 0 fully saturated rings. The highest BCUT2D eigenvalue weighted by atomic mass is 35.5. The number of para-hydroxylation sites is 4. The summed E-state index contributed by atoms with van der Waals surface area (Å²) in [5, 5.41) is 4.76. The summed E-state index contributed by atoms with van der Waals surface area (Å²) in [4.78, 5) is 19.7. The standard InChI is InChI=1S/C38H21ClN4O2/c39-24-18-15-22(16-19-24)31-20-17-23(21-40-31)36-41-37(29-11-5-9-27-25-7-1-3-13-32(25)44-34(27)29)43-38(42-36)30-12-6-10-28-26-8-2-4-14-33(26)45-35(28)30/h1-21H. The van der Waals surface area contributed by atoms with Crippen LogP contribution in [0.25, 0.3) is 89.3 Å². The lowest BCUT2D eigenvalue weighted by atomic mass is 10.1. The molecule has 0 aliphatic rings. The Morgan fingerprint density at radius 2 is 0.956 bits per heavy atom. The molecule has 0 amide bonds. The maximum Gasteiger partial charge on any atom is 0.167 e. The maximum atomic E-state index is 6.37. The predicted molar refractivity (Wildman–Crippen MR) is 179 cm³/mol. The molecule has 0 spiro atoms. The van der Waals surface area contributed by atoms with Crippen LogP contribution in [0.4, 0.5) is 0 Å². The molecule has 4 aromatic heterocycles. The second kappa shape index (κ2) is 10.1. The van der Waals surface area contributed by atoms with Crippen LogP contribution in [-0.4, -0.2) is 19.9 Å². The van der Waals surface area contributed by atoms with Crippen molar-refractivity contribution in [2.45, 2.75) is 0 Å². The summed E-state index contributed by atoms with van der Waals surface area (Å²) in [7, 11) is 0. The smallest absolute Gasteiger partial charge is 0.167 e. The highest BCUT2D eigenvalue weighted by Gasteiger charge is 2.20. The third-order valence-electron chi connectivity index (χ3n) is 8.09.